The SMILES string of the molecule is COc1cc(Br)ccc1OCC(=O)N/N=C\C(C)=C\c1ccccc1. The largest absolute Gasteiger partial charge is 0.493 e. The van der Waals surface area contributed by atoms with Gasteiger partial charge in [-0.05, 0) is 36.3 Å². The Hall–Kier alpha value is -2.60. The number of hydrazone groups is 1. The quantitative estimate of drug-likeness (QED) is 0.561. The van der Waals surface area contributed by atoms with Crippen LogP contribution in [-0.2, 0) is 4.79 Å². The Kier molecular flexibility index (Phi) is 7.22. The molecule has 0 aromatic heterocycles. The number of nitrogens with zero attached hydrogens (tertiary/aromatic N) is 1. The Balaban J connectivity index is 1.83. The molecule has 0 radical (unpaired) electrons. The fraction of sp³-hybridized carbons (Fsp3) is 0.158. The van der Waals surface area contributed by atoms with Crippen molar-refractivity contribution in [1.29, 1.82) is 0 Å². The van der Waals surface area contributed by atoms with Gasteiger partial charge in [0.25, 0.3) is 5.91 Å². The van der Waals surface area contributed by atoms with E-state index in [9.17, 15) is 4.79 Å². The number of halogens is 1. The van der Waals surface area contributed by atoms with E-state index in [1.54, 1.807) is 25.5 Å². The molecule has 2 aromatic carbocycles. The van der Waals surface area contributed by atoms with Crippen molar-refractivity contribution < 1.29 is 14.3 Å². The molecule has 25 heavy (non-hydrogen) atoms. The first-order valence-corrected chi connectivity index (χ1v) is 8.39. The topological polar surface area (TPSA) is 59.9 Å². The summed E-state index contributed by atoms with van der Waals surface area (Å²) in [5.74, 6) is 0.686. The van der Waals surface area contributed by atoms with E-state index < -0.39 is 0 Å². The van der Waals surface area contributed by atoms with Crippen molar-refractivity contribution in [1.82, 2.24) is 5.43 Å². The summed E-state index contributed by atoms with van der Waals surface area (Å²) < 4.78 is 11.5. The van der Waals surface area contributed by atoms with Gasteiger partial charge < -0.3 is 9.47 Å². The highest BCUT2D eigenvalue weighted by molar-refractivity contribution is 9.10. The van der Waals surface area contributed by atoms with Gasteiger partial charge in [0.1, 0.15) is 0 Å². The molecule has 1 N–H and O–H groups in total. The summed E-state index contributed by atoms with van der Waals surface area (Å²) in [4.78, 5) is 11.8. The highest BCUT2D eigenvalue weighted by atomic mass is 79.9. The number of methoxy groups -OCH3 is 1. The van der Waals surface area contributed by atoms with Crippen LogP contribution < -0.4 is 14.9 Å². The Morgan fingerprint density at radius 1 is 1.20 bits per heavy atom. The fourth-order valence-corrected chi connectivity index (χ4v) is 2.33. The lowest BCUT2D eigenvalue weighted by Crippen LogP contribution is -2.24. The van der Waals surface area contributed by atoms with E-state index in [4.69, 9.17) is 9.47 Å². The molecule has 0 saturated heterocycles. The zero-order chi connectivity index (χ0) is 18.1. The lowest BCUT2D eigenvalue weighted by Gasteiger charge is -2.10. The predicted molar refractivity (Wildman–Crippen MR) is 103 cm³/mol. The molecule has 0 aliphatic carbocycles. The third-order valence-electron chi connectivity index (χ3n) is 3.14. The van der Waals surface area contributed by atoms with Gasteiger partial charge in [-0.1, -0.05) is 52.3 Å². The van der Waals surface area contributed by atoms with Crippen molar-refractivity contribution >= 4 is 34.1 Å². The molecule has 6 heteroatoms. The van der Waals surface area contributed by atoms with Crippen LogP contribution in [0.3, 0.4) is 0 Å². The molecule has 0 atom stereocenters. The first kappa shape index (κ1) is 18.7. The van der Waals surface area contributed by atoms with Crippen molar-refractivity contribution in [3.8, 4) is 11.5 Å². The average molecular weight is 403 g/mol. The van der Waals surface area contributed by atoms with Crippen LogP contribution in [-0.4, -0.2) is 25.8 Å². The van der Waals surface area contributed by atoms with E-state index in [1.165, 1.54) is 0 Å². The molecule has 0 heterocycles. The van der Waals surface area contributed by atoms with E-state index in [0.29, 0.717) is 11.5 Å². The molecule has 0 aliphatic heterocycles. The second-order valence-electron chi connectivity index (χ2n) is 5.18. The van der Waals surface area contributed by atoms with Crippen molar-refractivity contribution in [2.75, 3.05) is 13.7 Å². The van der Waals surface area contributed by atoms with Crippen LogP contribution >= 0.6 is 15.9 Å². The van der Waals surface area contributed by atoms with E-state index in [1.807, 2.05) is 49.4 Å². The maximum absolute atomic E-state index is 11.8. The lowest BCUT2D eigenvalue weighted by molar-refractivity contribution is -0.123. The molecule has 0 saturated carbocycles. The number of carbonyl (C=O) groups is 1. The van der Waals surface area contributed by atoms with Crippen molar-refractivity contribution in [2.45, 2.75) is 6.92 Å². The zero-order valence-electron chi connectivity index (χ0n) is 14.0. The zero-order valence-corrected chi connectivity index (χ0v) is 15.6. The molecule has 2 aromatic rings. The third-order valence-corrected chi connectivity index (χ3v) is 3.63. The maximum Gasteiger partial charge on any atom is 0.277 e. The first-order chi connectivity index (χ1) is 12.1. The number of ether oxygens (including phenoxy) is 2. The van der Waals surface area contributed by atoms with E-state index in [0.717, 1.165) is 15.6 Å². The maximum atomic E-state index is 11.8. The van der Waals surface area contributed by atoms with E-state index >= 15 is 0 Å². The summed E-state index contributed by atoms with van der Waals surface area (Å²) in [5.41, 5.74) is 4.42. The minimum absolute atomic E-state index is 0.156. The molecule has 1 amide bonds. The molecular formula is C19H19BrN2O3. The fourth-order valence-electron chi connectivity index (χ4n) is 1.99. The molecule has 0 spiro atoms. The Morgan fingerprint density at radius 3 is 2.68 bits per heavy atom. The summed E-state index contributed by atoms with van der Waals surface area (Å²) >= 11 is 3.35. The molecule has 0 fully saturated rings. The Labute approximate surface area is 155 Å². The standard InChI is InChI=1S/C19H19BrN2O3/c1-14(10-15-6-4-3-5-7-15)12-21-22-19(23)13-25-17-9-8-16(20)11-18(17)24-2/h3-12H,13H2,1-2H3,(H,22,23)/b14-10+,21-12-. The van der Waals surface area contributed by atoms with Crippen LogP contribution in [0, 0.1) is 0 Å². The monoisotopic (exact) mass is 402 g/mol. The second-order valence-corrected chi connectivity index (χ2v) is 6.09. The highest BCUT2D eigenvalue weighted by Crippen LogP contribution is 2.29. The Morgan fingerprint density at radius 2 is 1.96 bits per heavy atom. The van der Waals surface area contributed by atoms with Gasteiger partial charge >= 0.3 is 0 Å². The smallest absolute Gasteiger partial charge is 0.277 e. The van der Waals surface area contributed by atoms with Gasteiger partial charge in [-0.3, -0.25) is 4.79 Å². The van der Waals surface area contributed by atoms with E-state index in [2.05, 4.69) is 26.5 Å². The number of amides is 1. The number of hydrogen-bond donors (Lipinski definition) is 1. The average Bonchev–Trinajstić information content (AvgIpc) is 2.61. The summed E-state index contributed by atoms with van der Waals surface area (Å²) in [7, 11) is 1.54. The van der Waals surface area contributed by atoms with Crippen LogP contribution in [0.15, 0.2) is 63.7 Å². The summed E-state index contributed by atoms with van der Waals surface area (Å²) in [6, 6.07) is 15.2. The predicted octanol–water partition coefficient (Wildman–Crippen LogP) is 4.04. The number of benzene rings is 2. The van der Waals surface area contributed by atoms with Crippen molar-refractivity contribution in [2.24, 2.45) is 5.10 Å². The van der Waals surface area contributed by atoms with Gasteiger partial charge in [0.05, 0.1) is 13.3 Å². The summed E-state index contributed by atoms with van der Waals surface area (Å²) in [5, 5.41) is 3.92. The van der Waals surface area contributed by atoms with E-state index in [-0.39, 0.29) is 12.5 Å². The normalized spacial score (nSPS) is 11.4. The lowest BCUT2D eigenvalue weighted by atomic mass is 10.1. The van der Waals surface area contributed by atoms with Crippen molar-refractivity contribution in [3.05, 3.63) is 64.1 Å². The van der Waals surface area contributed by atoms with Crippen LogP contribution in [0.4, 0.5) is 0 Å². The van der Waals surface area contributed by atoms with Crippen LogP contribution in [0.2, 0.25) is 0 Å². The highest BCUT2D eigenvalue weighted by Gasteiger charge is 2.07. The number of hydrogen-bond acceptors (Lipinski definition) is 4. The van der Waals surface area contributed by atoms with Crippen LogP contribution in [0.5, 0.6) is 11.5 Å². The second kappa shape index (κ2) is 9.64. The molecule has 130 valence electrons. The van der Waals surface area contributed by atoms with Gasteiger partial charge in [0.2, 0.25) is 0 Å². The summed E-state index contributed by atoms with van der Waals surface area (Å²) in [6.45, 7) is 1.75. The minimum Gasteiger partial charge on any atom is -0.493 e. The molecule has 0 aliphatic rings. The van der Waals surface area contributed by atoms with Gasteiger partial charge in [0.15, 0.2) is 18.1 Å². The minimum atomic E-state index is -0.353. The van der Waals surface area contributed by atoms with Crippen LogP contribution in [0.25, 0.3) is 6.08 Å². The van der Waals surface area contributed by atoms with Gasteiger partial charge in [0, 0.05) is 4.47 Å². The molecule has 0 unspecified atom stereocenters. The van der Waals surface area contributed by atoms with Crippen molar-refractivity contribution in [3.63, 3.8) is 0 Å². The third kappa shape index (κ3) is 6.43. The summed E-state index contributed by atoms with van der Waals surface area (Å²) in [6.07, 6.45) is 3.56. The molecule has 5 nitrogen and oxygen atoms in total. The number of allylic oxidation sites excluding steroid dienone is 1. The molecule has 0 bridgehead atoms. The molecule has 2 rings (SSSR count). The Bertz CT molecular complexity index is 773. The van der Waals surface area contributed by atoms with Gasteiger partial charge in [-0.25, -0.2) is 5.43 Å². The number of nitrogens with one attached hydrogen (secondary N) is 1. The van der Waals surface area contributed by atoms with Gasteiger partial charge in [-0.2, -0.15) is 5.10 Å². The van der Waals surface area contributed by atoms with Crippen LogP contribution in [0.1, 0.15) is 12.5 Å². The molecular weight excluding hydrogens is 384 g/mol. The number of carbonyl (C=O) groups excluding carboxylic acids is 1. The first-order valence-electron chi connectivity index (χ1n) is 7.60. The van der Waals surface area contributed by atoms with Gasteiger partial charge in [-0.15, -0.1) is 0 Å². The number of rotatable bonds is 7.